The first kappa shape index (κ1) is 12.4. The Morgan fingerprint density at radius 1 is 1.23 bits per heavy atom. The minimum Gasteiger partial charge on any atom is -0.302 e. The summed E-state index contributed by atoms with van der Waals surface area (Å²) in [4.78, 5) is 11.1. The second-order valence-corrected chi connectivity index (χ2v) is 3.89. The highest BCUT2D eigenvalue weighted by Gasteiger charge is 2.28. The summed E-state index contributed by atoms with van der Waals surface area (Å²) in [5.41, 5.74) is -0.585. The molecule has 0 aliphatic heterocycles. The number of hydrogen-bond acceptors (Lipinski definition) is 2. The number of hydrogen-bond donors (Lipinski definition) is 1. The molecule has 0 saturated carbocycles. The fourth-order valence-corrected chi connectivity index (χ4v) is 0.583. The largest absolute Gasteiger partial charge is 0.401 e. The van der Waals surface area contributed by atoms with E-state index in [9.17, 15) is 18.0 Å². The van der Waals surface area contributed by atoms with Gasteiger partial charge >= 0.3 is 6.18 Å². The number of alkyl halides is 3. The standard InChI is InChI=1S/C8H14F3NO/c1-7(2,3)6(13)4-12-5-8(9,10)11/h12H,4-5H2,1-3H3. The van der Waals surface area contributed by atoms with Crippen LogP contribution in [-0.4, -0.2) is 25.0 Å². The van der Waals surface area contributed by atoms with E-state index in [4.69, 9.17) is 0 Å². The van der Waals surface area contributed by atoms with Gasteiger partial charge in [-0.1, -0.05) is 20.8 Å². The molecule has 0 spiro atoms. The number of Topliss-reactive ketones (excluding diaryl/α,β-unsaturated/α-hetero) is 1. The molecule has 0 bridgehead atoms. The Morgan fingerprint density at radius 2 is 1.69 bits per heavy atom. The van der Waals surface area contributed by atoms with Gasteiger partial charge in [-0.25, -0.2) is 0 Å². The van der Waals surface area contributed by atoms with Crippen molar-refractivity contribution in [2.75, 3.05) is 13.1 Å². The van der Waals surface area contributed by atoms with Crippen molar-refractivity contribution in [1.82, 2.24) is 5.32 Å². The molecule has 0 rings (SSSR count). The topological polar surface area (TPSA) is 29.1 Å². The van der Waals surface area contributed by atoms with Crippen LogP contribution in [0.5, 0.6) is 0 Å². The Labute approximate surface area is 75.5 Å². The number of carbonyl (C=O) groups is 1. The van der Waals surface area contributed by atoms with Gasteiger partial charge in [0.2, 0.25) is 0 Å². The molecule has 13 heavy (non-hydrogen) atoms. The summed E-state index contributed by atoms with van der Waals surface area (Å²) >= 11 is 0. The smallest absolute Gasteiger partial charge is 0.302 e. The fourth-order valence-electron chi connectivity index (χ4n) is 0.583. The van der Waals surface area contributed by atoms with Crippen LogP contribution in [0.15, 0.2) is 0 Å². The molecule has 0 aliphatic carbocycles. The Balaban J connectivity index is 3.74. The van der Waals surface area contributed by atoms with Crippen LogP contribution < -0.4 is 5.32 Å². The van der Waals surface area contributed by atoms with Crippen molar-refractivity contribution in [3.63, 3.8) is 0 Å². The quantitative estimate of drug-likeness (QED) is 0.746. The first-order valence-corrected chi connectivity index (χ1v) is 3.94. The molecule has 2 nitrogen and oxygen atoms in total. The van der Waals surface area contributed by atoms with Gasteiger partial charge in [0, 0.05) is 5.41 Å². The van der Waals surface area contributed by atoms with Crippen LogP contribution in [-0.2, 0) is 4.79 Å². The molecular formula is C8H14F3NO. The minimum atomic E-state index is -4.25. The van der Waals surface area contributed by atoms with E-state index < -0.39 is 18.1 Å². The lowest BCUT2D eigenvalue weighted by atomic mass is 9.91. The normalized spacial score (nSPS) is 13.1. The van der Waals surface area contributed by atoms with E-state index >= 15 is 0 Å². The predicted octanol–water partition coefficient (Wildman–Crippen LogP) is 1.75. The molecule has 1 N–H and O–H groups in total. The number of nitrogens with one attached hydrogen (secondary N) is 1. The molecule has 0 atom stereocenters. The van der Waals surface area contributed by atoms with E-state index in [-0.39, 0.29) is 12.3 Å². The van der Waals surface area contributed by atoms with Crippen LogP contribution in [0, 0.1) is 5.41 Å². The number of carbonyl (C=O) groups excluding carboxylic acids is 1. The zero-order chi connectivity index (χ0) is 10.7. The van der Waals surface area contributed by atoms with Crippen LogP contribution in [0.2, 0.25) is 0 Å². The summed E-state index contributed by atoms with van der Waals surface area (Å²) in [6, 6.07) is 0. The van der Waals surface area contributed by atoms with Gasteiger partial charge in [-0.05, 0) is 0 Å². The van der Waals surface area contributed by atoms with Gasteiger partial charge < -0.3 is 5.32 Å². The zero-order valence-electron chi connectivity index (χ0n) is 7.96. The molecule has 0 saturated heterocycles. The highest BCUT2D eigenvalue weighted by Crippen LogP contribution is 2.15. The van der Waals surface area contributed by atoms with Gasteiger partial charge in [-0.3, -0.25) is 4.79 Å². The van der Waals surface area contributed by atoms with Gasteiger partial charge in [-0.2, -0.15) is 13.2 Å². The van der Waals surface area contributed by atoms with E-state index in [0.29, 0.717) is 0 Å². The Morgan fingerprint density at radius 3 is 2.00 bits per heavy atom. The first-order chi connectivity index (χ1) is 5.63. The summed E-state index contributed by atoms with van der Waals surface area (Å²) < 4.78 is 34.9. The molecule has 5 heteroatoms. The average Bonchev–Trinajstić information content (AvgIpc) is 1.82. The molecule has 0 aromatic heterocycles. The number of ketones is 1. The van der Waals surface area contributed by atoms with Gasteiger partial charge in [0.15, 0.2) is 5.78 Å². The SMILES string of the molecule is CC(C)(C)C(=O)CNCC(F)(F)F. The highest BCUT2D eigenvalue weighted by atomic mass is 19.4. The summed E-state index contributed by atoms with van der Waals surface area (Å²) in [5.74, 6) is -0.225. The Kier molecular flexibility index (Phi) is 3.90. The molecule has 0 unspecified atom stereocenters. The third-order valence-corrected chi connectivity index (χ3v) is 1.45. The third kappa shape index (κ3) is 6.57. The van der Waals surface area contributed by atoms with E-state index in [1.807, 2.05) is 0 Å². The zero-order valence-corrected chi connectivity index (χ0v) is 7.96. The molecule has 0 radical (unpaired) electrons. The number of halogens is 3. The third-order valence-electron chi connectivity index (χ3n) is 1.45. The molecule has 78 valence electrons. The maximum absolute atomic E-state index is 11.6. The lowest BCUT2D eigenvalue weighted by Gasteiger charge is -2.17. The van der Waals surface area contributed by atoms with Crippen molar-refractivity contribution >= 4 is 5.78 Å². The number of rotatable bonds is 3. The summed E-state index contributed by atoms with van der Waals surface area (Å²) in [6.07, 6.45) is -4.25. The van der Waals surface area contributed by atoms with Crippen LogP contribution in [0.25, 0.3) is 0 Å². The molecule has 0 aliphatic rings. The van der Waals surface area contributed by atoms with Crippen LogP contribution in [0.1, 0.15) is 20.8 Å². The van der Waals surface area contributed by atoms with Gasteiger partial charge in [0.05, 0.1) is 13.1 Å². The second-order valence-electron chi connectivity index (χ2n) is 3.89. The van der Waals surface area contributed by atoms with E-state index in [0.717, 1.165) is 0 Å². The van der Waals surface area contributed by atoms with Gasteiger partial charge in [0.1, 0.15) is 0 Å². The summed E-state index contributed by atoms with van der Waals surface area (Å²) in [7, 11) is 0. The molecule has 0 aromatic rings. The monoisotopic (exact) mass is 197 g/mol. The van der Waals surface area contributed by atoms with Crippen LogP contribution in [0.4, 0.5) is 13.2 Å². The first-order valence-electron chi connectivity index (χ1n) is 3.94. The van der Waals surface area contributed by atoms with E-state index in [2.05, 4.69) is 5.32 Å². The lowest BCUT2D eigenvalue weighted by Crippen LogP contribution is -2.37. The summed E-state index contributed by atoms with van der Waals surface area (Å²) in [5, 5.41) is 2.06. The second kappa shape index (κ2) is 4.09. The Bertz CT molecular complexity index is 181. The average molecular weight is 197 g/mol. The molecule has 0 amide bonds. The summed E-state index contributed by atoms with van der Waals surface area (Å²) in [6.45, 7) is 3.66. The maximum atomic E-state index is 11.6. The highest BCUT2D eigenvalue weighted by molar-refractivity contribution is 5.85. The Hall–Kier alpha value is -0.580. The van der Waals surface area contributed by atoms with Crippen molar-refractivity contribution in [2.24, 2.45) is 5.41 Å². The van der Waals surface area contributed by atoms with Crippen LogP contribution in [0.3, 0.4) is 0 Å². The fraction of sp³-hybridized carbons (Fsp3) is 0.875. The molecule has 0 aromatic carbocycles. The van der Waals surface area contributed by atoms with Crippen molar-refractivity contribution in [1.29, 1.82) is 0 Å². The molecular weight excluding hydrogens is 183 g/mol. The van der Waals surface area contributed by atoms with Crippen molar-refractivity contribution < 1.29 is 18.0 Å². The molecule has 0 heterocycles. The van der Waals surface area contributed by atoms with Gasteiger partial charge in [-0.15, -0.1) is 0 Å². The van der Waals surface area contributed by atoms with E-state index in [1.165, 1.54) is 0 Å². The van der Waals surface area contributed by atoms with Crippen molar-refractivity contribution in [2.45, 2.75) is 26.9 Å². The van der Waals surface area contributed by atoms with Crippen molar-refractivity contribution in [3.05, 3.63) is 0 Å². The molecule has 0 fully saturated rings. The lowest BCUT2D eigenvalue weighted by molar-refractivity contribution is -0.131. The predicted molar refractivity (Wildman–Crippen MR) is 43.4 cm³/mol. The van der Waals surface area contributed by atoms with Crippen molar-refractivity contribution in [3.8, 4) is 0 Å². The maximum Gasteiger partial charge on any atom is 0.401 e. The van der Waals surface area contributed by atoms with Crippen LogP contribution >= 0.6 is 0 Å². The van der Waals surface area contributed by atoms with E-state index in [1.54, 1.807) is 20.8 Å². The van der Waals surface area contributed by atoms with Gasteiger partial charge in [0.25, 0.3) is 0 Å². The minimum absolute atomic E-state index is 0.225.